The summed E-state index contributed by atoms with van der Waals surface area (Å²) in [6.45, 7) is 1.23. The van der Waals surface area contributed by atoms with Crippen molar-refractivity contribution in [3.63, 3.8) is 0 Å². The summed E-state index contributed by atoms with van der Waals surface area (Å²) < 4.78 is 1.47. The lowest BCUT2D eigenvalue weighted by atomic mass is 9.91. The maximum atomic E-state index is 12.3. The van der Waals surface area contributed by atoms with E-state index in [0.29, 0.717) is 30.8 Å². The fourth-order valence-electron chi connectivity index (χ4n) is 2.75. The molecule has 1 aliphatic heterocycles. The van der Waals surface area contributed by atoms with Crippen LogP contribution in [0.1, 0.15) is 33.0 Å². The van der Waals surface area contributed by atoms with Gasteiger partial charge in [0, 0.05) is 20.1 Å². The number of amides is 2. The van der Waals surface area contributed by atoms with Crippen LogP contribution in [-0.2, 0) is 6.54 Å². The third kappa shape index (κ3) is 3.46. The van der Waals surface area contributed by atoms with E-state index in [1.165, 1.54) is 29.3 Å². The van der Waals surface area contributed by atoms with Crippen LogP contribution >= 0.6 is 11.3 Å². The molecule has 2 amide bonds. The number of hydrogen-bond donors (Lipinski definition) is 2. The van der Waals surface area contributed by atoms with E-state index in [9.17, 15) is 14.7 Å². The summed E-state index contributed by atoms with van der Waals surface area (Å²) in [6.07, 6.45) is 2.43. The van der Waals surface area contributed by atoms with Crippen molar-refractivity contribution in [2.24, 2.45) is 0 Å². The summed E-state index contributed by atoms with van der Waals surface area (Å²) in [4.78, 5) is 26.3. The van der Waals surface area contributed by atoms with Gasteiger partial charge in [-0.05, 0) is 24.3 Å². The van der Waals surface area contributed by atoms with Crippen LogP contribution in [0.15, 0.2) is 23.7 Å². The Morgan fingerprint density at radius 2 is 2.17 bits per heavy atom. The molecule has 3 heterocycles. The highest BCUT2D eigenvalue weighted by atomic mass is 32.1. The van der Waals surface area contributed by atoms with Crippen molar-refractivity contribution in [3.8, 4) is 0 Å². The standard InChI is InChI=1S/C15H19N5O3S/c1-16-13(21)11-9-20(18-17-11)10-15(23)4-6-19(7-5-15)14(22)12-3-2-8-24-12/h2-3,8-9,23H,4-7,10H2,1H3,(H,16,21). The summed E-state index contributed by atoms with van der Waals surface area (Å²) >= 11 is 1.42. The third-order valence-electron chi connectivity index (χ3n) is 4.17. The Labute approximate surface area is 143 Å². The van der Waals surface area contributed by atoms with Crippen LogP contribution in [0.3, 0.4) is 0 Å². The van der Waals surface area contributed by atoms with Gasteiger partial charge in [-0.15, -0.1) is 16.4 Å². The second kappa shape index (κ2) is 6.70. The van der Waals surface area contributed by atoms with Crippen LogP contribution in [-0.4, -0.2) is 62.6 Å². The molecule has 9 heteroatoms. The largest absolute Gasteiger partial charge is 0.388 e. The molecule has 1 fully saturated rings. The highest BCUT2D eigenvalue weighted by Crippen LogP contribution is 2.25. The summed E-state index contributed by atoms with van der Waals surface area (Å²) in [5, 5.41) is 22.8. The van der Waals surface area contributed by atoms with E-state index in [0.717, 1.165) is 0 Å². The Hall–Kier alpha value is -2.26. The molecule has 2 aromatic rings. The van der Waals surface area contributed by atoms with Gasteiger partial charge in [-0.1, -0.05) is 11.3 Å². The molecule has 2 N–H and O–H groups in total. The lowest BCUT2D eigenvalue weighted by Gasteiger charge is -2.37. The molecule has 2 aromatic heterocycles. The Morgan fingerprint density at radius 1 is 1.42 bits per heavy atom. The molecule has 0 atom stereocenters. The van der Waals surface area contributed by atoms with Gasteiger partial charge in [-0.3, -0.25) is 9.59 Å². The fourth-order valence-corrected chi connectivity index (χ4v) is 3.44. The number of nitrogens with one attached hydrogen (secondary N) is 1. The van der Waals surface area contributed by atoms with Crippen molar-refractivity contribution in [1.82, 2.24) is 25.2 Å². The topological polar surface area (TPSA) is 100 Å². The van der Waals surface area contributed by atoms with Crippen LogP contribution in [0.2, 0.25) is 0 Å². The van der Waals surface area contributed by atoms with Gasteiger partial charge in [0.25, 0.3) is 11.8 Å². The average molecular weight is 349 g/mol. The van der Waals surface area contributed by atoms with Gasteiger partial charge in [0.2, 0.25) is 0 Å². The fraction of sp³-hybridized carbons (Fsp3) is 0.467. The Morgan fingerprint density at radius 3 is 2.79 bits per heavy atom. The number of thiophene rings is 1. The molecule has 128 valence electrons. The quantitative estimate of drug-likeness (QED) is 0.830. The molecule has 24 heavy (non-hydrogen) atoms. The van der Waals surface area contributed by atoms with Gasteiger partial charge in [0.05, 0.1) is 23.2 Å². The molecule has 0 unspecified atom stereocenters. The minimum Gasteiger partial charge on any atom is -0.388 e. The first-order chi connectivity index (χ1) is 11.5. The van der Waals surface area contributed by atoms with Crippen molar-refractivity contribution in [3.05, 3.63) is 34.3 Å². The average Bonchev–Trinajstić information content (AvgIpc) is 3.25. The lowest BCUT2D eigenvalue weighted by molar-refractivity contribution is -0.0317. The van der Waals surface area contributed by atoms with Gasteiger partial charge in [-0.25, -0.2) is 4.68 Å². The minimum atomic E-state index is -0.958. The normalized spacial score (nSPS) is 16.8. The van der Waals surface area contributed by atoms with Crippen molar-refractivity contribution >= 4 is 23.2 Å². The molecular weight excluding hydrogens is 330 g/mol. The number of nitrogens with zero attached hydrogens (tertiary/aromatic N) is 4. The molecule has 0 bridgehead atoms. The Balaban J connectivity index is 1.59. The number of carbonyl (C=O) groups excluding carboxylic acids is 2. The van der Waals surface area contributed by atoms with E-state index in [-0.39, 0.29) is 24.1 Å². The number of rotatable bonds is 4. The van der Waals surface area contributed by atoms with Crippen molar-refractivity contribution in [2.45, 2.75) is 25.0 Å². The summed E-state index contributed by atoms with van der Waals surface area (Å²) in [5.74, 6) is -0.306. The molecule has 0 aliphatic carbocycles. The molecule has 8 nitrogen and oxygen atoms in total. The smallest absolute Gasteiger partial charge is 0.273 e. The highest BCUT2D eigenvalue weighted by Gasteiger charge is 2.35. The van der Waals surface area contributed by atoms with E-state index >= 15 is 0 Å². The van der Waals surface area contributed by atoms with Crippen LogP contribution < -0.4 is 5.32 Å². The molecule has 3 rings (SSSR count). The number of aromatic nitrogens is 3. The van der Waals surface area contributed by atoms with Crippen LogP contribution in [0.25, 0.3) is 0 Å². The first kappa shape index (κ1) is 16.6. The first-order valence-electron chi connectivity index (χ1n) is 7.68. The molecule has 1 aliphatic rings. The van der Waals surface area contributed by atoms with E-state index in [1.54, 1.807) is 4.90 Å². The van der Waals surface area contributed by atoms with E-state index in [2.05, 4.69) is 15.6 Å². The lowest BCUT2D eigenvalue weighted by Crippen LogP contribution is -2.48. The molecule has 1 saturated heterocycles. The number of likely N-dealkylation sites (tertiary alicyclic amines) is 1. The van der Waals surface area contributed by atoms with Gasteiger partial charge in [0.15, 0.2) is 5.69 Å². The summed E-state index contributed by atoms with van der Waals surface area (Å²) in [5.41, 5.74) is -0.744. The zero-order valence-corrected chi connectivity index (χ0v) is 14.1. The molecule has 0 radical (unpaired) electrons. The van der Waals surface area contributed by atoms with Crippen molar-refractivity contribution in [1.29, 1.82) is 0 Å². The number of hydrogen-bond acceptors (Lipinski definition) is 6. The highest BCUT2D eigenvalue weighted by molar-refractivity contribution is 7.12. The van der Waals surface area contributed by atoms with Gasteiger partial charge in [-0.2, -0.15) is 0 Å². The van der Waals surface area contributed by atoms with Crippen molar-refractivity contribution < 1.29 is 14.7 Å². The predicted octanol–water partition coefficient (Wildman–Crippen LogP) is 0.366. The monoisotopic (exact) mass is 349 g/mol. The Kier molecular flexibility index (Phi) is 4.63. The van der Waals surface area contributed by atoms with Gasteiger partial charge < -0.3 is 15.3 Å². The van der Waals surface area contributed by atoms with Crippen LogP contribution in [0.4, 0.5) is 0 Å². The molecule has 0 saturated carbocycles. The molecule has 0 spiro atoms. The summed E-state index contributed by atoms with van der Waals surface area (Å²) in [6, 6.07) is 3.66. The zero-order valence-electron chi connectivity index (χ0n) is 13.3. The number of carbonyl (C=O) groups is 2. The predicted molar refractivity (Wildman–Crippen MR) is 87.8 cm³/mol. The van der Waals surface area contributed by atoms with E-state index in [1.807, 2.05) is 17.5 Å². The van der Waals surface area contributed by atoms with Crippen LogP contribution in [0, 0.1) is 0 Å². The van der Waals surface area contributed by atoms with Gasteiger partial charge in [0.1, 0.15) is 0 Å². The first-order valence-corrected chi connectivity index (χ1v) is 8.56. The maximum absolute atomic E-state index is 12.3. The van der Waals surface area contributed by atoms with Crippen molar-refractivity contribution in [2.75, 3.05) is 20.1 Å². The zero-order chi connectivity index (χ0) is 17.2. The maximum Gasteiger partial charge on any atom is 0.273 e. The molecule has 0 aromatic carbocycles. The third-order valence-corrected chi connectivity index (χ3v) is 5.03. The summed E-state index contributed by atoms with van der Waals surface area (Å²) in [7, 11) is 1.52. The minimum absolute atomic E-state index is 0.00899. The van der Waals surface area contributed by atoms with Crippen LogP contribution in [0.5, 0.6) is 0 Å². The number of aliphatic hydroxyl groups is 1. The SMILES string of the molecule is CNC(=O)c1cn(CC2(O)CCN(C(=O)c3cccs3)CC2)nn1. The van der Waals surface area contributed by atoms with Gasteiger partial charge >= 0.3 is 0 Å². The van der Waals surface area contributed by atoms with E-state index < -0.39 is 5.60 Å². The van der Waals surface area contributed by atoms with E-state index in [4.69, 9.17) is 0 Å². The molecular formula is C15H19N5O3S. The second-order valence-corrected chi connectivity index (χ2v) is 6.82. The number of piperidine rings is 1. The Bertz CT molecular complexity index is 719. The second-order valence-electron chi connectivity index (χ2n) is 5.87.